The average molecular weight is 816 g/mol. The zero-order chi connectivity index (χ0) is 42.4. The van der Waals surface area contributed by atoms with Gasteiger partial charge in [-0.2, -0.15) is 0 Å². The summed E-state index contributed by atoms with van der Waals surface area (Å²) in [6, 6.07) is 85.0. The first-order chi connectivity index (χ1) is 31.7. The Morgan fingerprint density at radius 1 is 0.312 bits per heavy atom. The molecule has 64 heavy (non-hydrogen) atoms. The highest BCUT2D eigenvalue weighted by Gasteiger charge is 2.22. The van der Waals surface area contributed by atoms with E-state index < -0.39 is 0 Å². The molecule has 1 unspecified atom stereocenters. The molecule has 1 aliphatic rings. The lowest BCUT2D eigenvalue weighted by Gasteiger charge is -2.24. The number of benzene rings is 11. The fourth-order valence-corrected chi connectivity index (χ4v) is 9.57. The number of nitrogens with zero attached hydrogens (tertiary/aromatic N) is 2. The predicted octanol–water partition coefficient (Wildman–Crippen LogP) is 15.5. The van der Waals surface area contributed by atoms with E-state index in [0.717, 1.165) is 33.7 Å². The van der Waals surface area contributed by atoms with Crippen LogP contribution in [0.4, 0.5) is 0 Å². The third kappa shape index (κ3) is 6.72. The Balaban J connectivity index is 0.941. The van der Waals surface area contributed by atoms with Gasteiger partial charge in [0.2, 0.25) is 0 Å². The van der Waals surface area contributed by atoms with Crippen molar-refractivity contribution in [1.29, 1.82) is 0 Å². The molecule has 0 aliphatic carbocycles. The summed E-state index contributed by atoms with van der Waals surface area (Å²) in [6.45, 7) is 0. The molecule has 12 rings (SSSR count). The summed E-state index contributed by atoms with van der Waals surface area (Å²) in [5, 5.41) is 13.8. The molecule has 11 aromatic rings. The van der Waals surface area contributed by atoms with Gasteiger partial charge in [-0.15, -0.1) is 0 Å². The van der Waals surface area contributed by atoms with Crippen molar-refractivity contribution < 1.29 is 0 Å². The Kier molecular flexibility index (Phi) is 9.23. The summed E-state index contributed by atoms with van der Waals surface area (Å²) >= 11 is 0. The third-order valence-electron chi connectivity index (χ3n) is 12.7. The zero-order valence-corrected chi connectivity index (χ0v) is 35.0. The maximum absolute atomic E-state index is 5.25. The second-order valence-corrected chi connectivity index (χ2v) is 16.5. The molecule has 0 bridgehead atoms. The molecule has 1 aliphatic heterocycles. The molecule has 300 valence electrons. The third-order valence-corrected chi connectivity index (χ3v) is 12.7. The van der Waals surface area contributed by atoms with Crippen LogP contribution in [0.2, 0.25) is 0 Å². The van der Waals surface area contributed by atoms with E-state index in [1.807, 2.05) is 24.3 Å². The molecule has 1 N–H and O–H groups in total. The van der Waals surface area contributed by atoms with Crippen molar-refractivity contribution in [2.24, 2.45) is 9.98 Å². The van der Waals surface area contributed by atoms with Gasteiger partial charge in [-0.05, 0) is 111 Å². The lowest BCUT2D eigenvalue weighted by atomic mass is 9.88. The van der Waals surface area contributed by atoms with Crippen LogP contribution in [0.3, 0.4) is 0 Å². The molecule has 3 nitrogen and oxygen atoms in total. The van der Waals surface area contributed by atoms with E-state index in [4.69, 9.17) is 9.98 Å². The Hall–Kier alpha value is -8.40. The van der Waals surface area contributed by atoms with Gasteiger partial charge in [0.05, 0.1) is 0 Å². The van der Waals surface area contributed by atoms with E-state index in [1.165, 1.54) is 76.5 Å². The van der Waals surface area contributed by atoms with E-state index in [-0.39, 0.29) is 6.17 Å². The smallest absolute Gasteiger partial charge is 0.159 e. The summed E-state index contributed by atoms with van der Waals surface area (Å²) in [7, 11) is 0. The van der Waals surface area contributed by atoms with Gasteiger partial charge < -0.3 is 5.32 Å². The van der Waals surface area contributed by atoms with Crippen molar-refractivity contribution in [2.45, 2.75) is 6.17 Å². The number of fused-ring (bicyclic) bond motifs is 7. The van der Waals surface area contributed by atoms with Crippen molar-refractivity contribution in [2.75, 3.05) is 0 Å². The molecule has 0 amide bonds. The molecule has 1 atom stereocenters. The lowest BCUT2D eigenvalue weighted by molar-refractivity contribution is 0.674. The number of nitrogens with one attached hydrogen (secondary N) is 1. The van der Waals surface area contributed by atoms with Gasteiger partial charge >= 0.3 is 0 Å². The number of amidine groups is 2. The van der Waals surface area contributed by atoms with Crippen LogP contribution < -0.4 is 5.32 Å². The predicted molar refractivity (Wildman–Crippen MR) is 270 cm³/mol. The topological polar surface area (TPSA) is 36.8 Å². The number of rotatable bonds is 7. The second-order valence-electron chi connectivity index (χ2n) is 16.5. The van der Waals surface area contributed by atoms with Crippen LogP contribution in [-0.2, 0) is 0 Å². The highest BCUT2D eigenvalue weighted by molar-refractivity contribution is 6.25. The lowest BCUT2D eigenvalue weighted by Crippen LogP contribution is -2.33. The largest absolute Gasteiger partial charge is 0.344 e. The normalized spacial score (nSPS) is 13.8. The van der Waals surface area contributed by atoms with Crippen LogP contribution in [-0.4, -0.2) is 11.7 Å². The minimum atomic E-state index is -0.314. The number of aliphatic imine (C=N–C) groups is 2. The minimum absolute atomic E-state index is 0.314. The number of hydrogen-bond donors (Lipinski definition) is 1. The average Bonchev–Trinajstić information content (AvgIpc) is 3.39. The van der Waals surface area contributed by atoms with Crippen LogP contribution in [0.15, 0.2) is 247 Å². The SMILES string of the molecule is c1ccc(C2=NC(c3ccc(-c4ccc5ccccc5c4-c4cccc(-c5ccc6c7ccccc7c7ccccc7c6c5)c4)cc3)=NC(c3cccc(-c4ccccc4)c3)N2)cc1. The molecule has 3 heteroatoms. The van der Waals surface area contributed by atoms with Gasteiger partial charge in [-0.1, -0.05) is 218 Å². The highest BCUT2D eigenvalue weighted by atomic mass is 15.2. The Morgan fingerprint density at radius 3 is 1.55 bits per heavy atom. The van der Waals surface area contributed by atoms with Crippen LogP contribution >= 0.6 is 0 Å². The minimum Gasteiger partial charge on any atom is -0.344 e. The highest BCUT2D eigenvalue weighted by Crippen LogP contribution is 2.41. The fourth-order valence-electron chi connectivity index (χ4n) is 9.57. The van der Waals surface area contributed by atoms with Gasteiger partial charge in [-0.25, -0.2) is 9.98 Å². The molecule has 1 heterocycles. The van der Waals surface area contributed by atoms with E-state index in [9.17, 15) is 0 Å². The first kappa shape index (κ1) is 37.4. The molecular formula is C61H41N3. The molecule has 11 aromatic carbocycles. The van der Waals surface area contributed by atoms with Crippen molar-refractivity contribution in [3.8, 4) is 44.5 Å². The molecule has 0 fully saturated rings. The number of hydrogen-bond acceptors (Lipinski definition) is 3. The van der Waals surface area contributed by atoms with E-state index in [2.05, 4.69) is 218 Å². The van der Waals surface area contributed by atoms with Crippen molar-refractivity contribution in [3.63, 3.8) is 0 Å². The van der Waals surface area contributed by atoms with Gasteiger partial charge in [-0.3, -0.25) is 0 Å². The molecule has 0 aromatic heterocycles. The molecule has 0 saturated carbocycles. The van der Waals surface area contributed by atoms with E-state index in [1.54, 1.807) is 0 Å². The van der Waals surface area contributed by atoms with Gasteiger partial charge in [0.25, 0.3) is 0 Å². The molecule has 0 spiro atoms. The summed E-state index contributed by atoms with van der Waals surface area (Å²) < 4.78 is 0. The Labute approximate surface area is 372 Å². The standard InChI is InChI=1S/C61H41N3/c1-3-15-40(16-4-1)45-20-14-23-49(38-45)61-63-59(43-18-5-2-6-19-43)62-60(64-61)44-31-29-42(30-32-44)51-35-33-41-17-7-8-24-50(41)58(51)48-22-13-21-46(37-48)47-34-36-56-54-27-10-9-25-52(54)53-26-11-12-28-55(53)57(56)39-47/h1-39,61H,(H,62,63,64). The summed E-state index contributed by atoms with van der Waals surface area (Å²) in [4.78, 5) is 10.4. The fraction of sp³-hybridized carbons (Fsp3) is 0.0164. The quantitative estimate of drug-likeness (QED) is 0.160. The Morgan fingerprint density at radius 2 is 0.828 bits per heavy atom. The monoisotopic (exact) mass is 815 g/mol. The van der Waals surface area contributed by atoms with Gasteiger partial charge in [0, 0.05) is 11.1 Å². The second kappa shape index (κ2) is 15.8. The van der Waals surface area contributed by atoms with Crippen molar-refractivity contribution in [3.05, 3.63) is 253 Å². The van der Waals surface area contributed by atoms with Gasteiger partial charge in [0.15, 0.2) is 5.84 Å². The van der Waals surface area contributed by atoms with Crippen molar-refractivity contribution in [1.82, 2.24) is 5.32 Å². The van der Waals surface area contributed by atoms with Gasteiger partial charge in [0.1, 0.15) is 12.0 Å². The van der Waals surface area contributed by atoms with E-state index in [0.29, 0.717) is 5.84 Å². The first-order valence-electron chi connectivity index (χ1n) is 21.9. The van der Waals surface area contributed by atoms with Crippen LogP contribution in [0, 0.1) is 0 Å². The molecule has 0 radical (unpaired) electrons. The molecule has 0 saturated heterocycles. The van der Waals surface area contributed by atoms with Crippen LogP contribution in [0.1, 0.15) is 22.9 Å². The maximum Gasteiger partial charge on any atom is 0.159 e. The zero-order valence-electron chi connectivity index (χ0n) is 35.0. The van der Waals surface area contributed by atoms with E-state index >= 15 is 0 Å². The summed E-state index contributed by atoms with van der Waals surface area (Å²) in [5.74, 6) is 1.50. The Bertz CT molecular complexity index is 3590. The van der Waals surface area contributed by atoms with Crippen molar-refractivity contribution >= 4 is 54.8 Å². The van der Waals surface area contributed by atoms with Crippen LogP contribution in [0.5, 0.6) is 0 Å². The maximum atomic E-state index is 5.25. The summed E-state index contributed by atoms with van der Waals surface area (Å²) in [6.07, 6.45) is -0.314. The molecular weight excluding hydrogens is 775 g/mol. The summed E-state index contributed by atoms with van der Waals surface area (Å²) in [5.41, 5.74) is 12.5. The van der Waals surface area contributed by atoms with Crippen LogP contribution in [0.25, 0.3) is 87.6 Å². The first-order valence-corrected chi connectivity index (χ1v) is 21.9.